The second-order valence-electron chi connectivity index (χ2n) is 9.36. The summed E-state index contributed by atoms with van der Waals surface area (Å²) in [6.45, 7) is 5.07. The summed E-state index contributed by atoms with van der Waals surface area (Å²) in [5.41, 5.74) is 3.43. The molecule has 1 N–H and O–H groups in total. The summed E-state index contributed by atoms with van der Waals surface area (Å²) in [6.07, 6.45) is 6.85. The summed E-state index contributed by atoms with van der Waals surface area (Å²) in [5, 5.41) is 3.42. The second-order valence-corrected chi connectivity index (χ2v) is 9.36. The maximum atomic E-state index is 12.2. The normalized spacial score (nSPS) is 20.2. The minimum atomic E-state index is 0.0563. The van der Waals surface area contributed by atoms with E-state index in [4.69, 9.17) is 9.97 Å². The molecule has 0 aliphatic carbocycles. The number of anilines is 3. The van der Waals surface area contributed by atoms with Crippen molar-refractivity contribution < 1.29 is 9.59 Å². The average Bonchev–Trinajstić information content (AvgIpc) is 3.30. The number of pyridine rings is 1. The first-order valence-electron chi connectivity index (χ1n) is 12.2. The Bertz CT molecular complexity index is 1230. The van der Waals surface area contributed by atoms with E-state index >= 15 is 0 Å². The van der Waals surface area contributed by atoms with Gasteiger partial charge in [-0.1, -0.05) is 6.07 Å². The van der Waals surface area contributed by atoms with Crippen molar-refractivity contribution in [2.75, 3.05) is 23.3 Å². The fourth-order valence-electron chi connectivity index (χ4n) is 4.95. The van der Waals surface area contributed by atoms with Crippen molar-refractivity contribution >= 4 is 29.0 Å². The van der Waals surface area contributed by atoms with E-state index in [0.29, 0.717) is 18.8 Å². The molecule has 2 atom stereocenters. The quantitative estimate of drug-likeness (QED) is 0.589. The molecule has 1 aromatic carbocycles. The van der Waals surface area contributed by atoms with Crippen LogP contribution in [-0.2, 0) is 9.59 Å². The van der Waals surface area contributed by atoms with E-state index in [9.17, 15) is 9.59 Å². The van der Waals surface area contributed by atoms with Gasteiger partial charge in [0, 0.05) is 73.8 Å². The van der Waals surface area contributed by atoms with E-state index in [-0.39, 0.29) is 23.8 Å². The number of hydrogen-bond donors (Lipinski definition) is 1. The molecular weight excluding hydrogens is 440 g/mol. The predicted octanol–water partition coefficient (Wildman–Crippen LogP) is 4.52. The molecule has 35 heavy (non-hydrogen) atoms. The second kappa shape index (κ2) is 9.82. The van der Waals surface area contributed by atoms with E-state index < -0.39 is 0 Å². The molecule has 8 heteroatoms. The fraction of sp³-hybridized carbons (Fsp3) is 0.370. The summed E-state index contributed by atoms with van der Waals surface area (Å²) in [6, 6.07) is 13.9. The molecule has 2 aromatic heterocycles. The lowest BCUT2D eigenvalue weighted by Gasteiger charge is -2.37. The van der Waals surface area contributed by atoms with Crippen LogP contribution in [0.2, 0.25) is 0 Å². The monoisotopic (exact) mass is 470 g/mol. The number of nitrogens with one attached hydrogen (secondary N) is 1. The Morgan fingerprint density at radius 2 is 2.00 bits per heavy atom. The predicted molar refractivity (Wildman–Crippen MR) is 135 cm³/mol. The number of benzene rings is 1. The van der Waals surface area contributed by atoms with Crippen LogP contribution in [0.4, 0.5) is 17.2 Å². The maximum absolute atomic E-state index is 12.2. The number of piperidine rings is 1. The van der Waals surface area contributed by atoms with Gasteiger partial charge < -0.3 is 15.1 Å². The van der Waals surface area contributed by atoms with E-state index in [1.807, 2.05) is 52.3 Å². The van der Waals surface area contributed by atoms with Crippen molar-refractivity contribution in [1.29, 1.82) is 0 Å². The molecule has 0 spiro atoms. The van der Waals surface area contributed by atoms with Crippen LogP contribution >= 0.6 is 0 Å². The summed E-state index contributed by atoms with van der Waals surface area (Å²) in [4.78, 5) is 42.2. The molecule has 0 radical (unpaired) electrons. The van der Waals surface area contributed by atoms with Gasteiger partial charge in [0.15, 0.2) is 0 Å². The van der Waals surface area contributed by atoms with Gasteiger partial charge in [-0.3, -0.25) is 14.6 Å². The molecule has 4 heterocycles. The molecule has 2 fully saturated rings. The Morgan fingerprint density at radius 3 is 2.74 bits per heavy atom. The van der Waals surface area contributed by atoms with Gasteiger partial charge in [0.25, 0.3) is 0 Å². The number of nitrogens with zero attached hydrogens (tertiary/aromatic N) is 5. The zero-order chi connectivity index (χ0) is 24.4. The molecule has 2 aliphatic rings. The maximum Gasteiger partial charge on any atom is 0.227 e. The number of rotatable bonds is 5. The number of hydrogen-bond acceptors (Lipinski definition) is 6. The molecule has 0 unspecified atom stereocenters. The number of amides is 2. The van der Waals surface area contributed by atoms with Crippen LogP contribution in [0.1, 0.15) is 51.3 Å². The zero-order valence-electron chi connectivity index (χ0n) is 20.1. The number of likely N-dealkylation sites (tertiary alicyclic amines) is 1. The molecule has 0 bridgehead atoms. The third kappa shape index (κ3) is 5.01. The lowest BCUT2D eigenvalue weighted by molar-refractivity contribution is -0.132. The van der Waals surface area contributed by atoms with E-state index in [0.717, 1.165) is 54.3 Å². The summed E-state index contributed by atoms with van der Waals surface area (Å²) in [5.74, 6) is 1.69. The van der Waals surface area contributed by atoms with Crippen LogP contribution in [0, 0.1) is 0 Å². The van der Waals surface area contributed by atoms with Crippen LogP contribution in [-0.4, -0.2) is 50.8 Å². The van der Waals surface area contributed by atoms with Crippen molar-refractivity contribution in [1.82, 2.24) is 19.9 Å². The van der Waals surface area contributed by atoms with E-state index in [1.54, 1.807) is 19.3 Å². The Hall–Kier alpha value is -3.81. The first-order valence-corrected chi connectivity index (χ1v) is 12.2. The highest BCUT2D eigenvalue weighted by molar-refractivity contribution is 5.95. The molecule has 180 valence electrons. The Balaban J connectivity index is 1.48. The van der Waals surface area contributed by atoms with Crippen LogP contribution in [0.15, 0.2) is 54.9 Å². The minimum Gasteiger partial charge on any atom is -0.340 e. The topological polar surface area (TPSA) is 91.3 Å². The molecule has 5 rings (SSSR count). The van der Waals surface area contributed by atoms with Crippen LogP contribution in [0.25, 0.3) is 11.3 Å². The molecule has 2 aliphatic heterocycles. The first kappa shape index (κ1) is 23.0. The van der Waals surface area contributed by atoms with Crippen LogP contribution in [0.5, 0.6) is 0 Å². The van der Waals surface area contributed by atoms with Crippen LogP contribution < -0.4 is 10.2 Å². The average molecular weight is 471 g/mol. The Morgan fingerprint density at radius 1 is 1.11 bits per heavy atom. The van der Waals surface area contributed by atoms with Crippen molar-refractivity contribution in [2.24, 2.45) is 0 Å². The highest BCUT2D eigenvalue weighted by Gasteiger charge is 2.30. The van der Waals surface area contributed by atoms with Gasteiger partial charge in [0.1, 0.15) is 11.6 Å². The van der Waals surface area contributed by atoms with Gasteiger partial charge in [-0.15, -0.1) is 0 Å². The van der Waals surface area contributed by atoms with Gasteiger partial charge in [0.2, 0.25) is 11.8 Å². The third-order valence-corrected chi connectivity index (χ3v) is 6.86. The third-order valence-electron chi connectivity index (χ3n) is 6.86. The molecular formula is C27H30N6O2. The van der Waals surface area contributed by atoms with Gasteiger partial charge in [-0.25, -0.2) is 9.97 Å². The summed E-state index contributed by atoms with van der Waals surface area (Å²) < 4.78 is 0. The summed E-state index contributed by atoms with van der Waals surface area (Å²) in [7, 11) is 0. The SMILES string of the molecule is CC(=O)N1C[C@H](c2nc(Nc3cccc(N4CCCC4=O)c3)cc(-c3cccnc3)n2)CC[C@@H]1C. The van der Waals surface area contributed by atoms with E-state index in [1.165, 1.54) is 0 Å². The van der Waals surface area contributed by atoms with Crippen molar-refractivity contribution in [3.63, 3.8) is 0 Å². The van der Waals surface area contributed by atoms with Crippen molar-refractivity contribution in [3.05, 3.63) is 60.7 Å². The largest absolute Gasteiger partial charge is 0.340 e. The van der Waals surface area contributed by atoms with Gasteiger partial charge >= 0.3 is 0 Å². The molecule has 3 aromatic rings. The van der Waals surface area contributed by atoms with Crippen LogP contribution in [0.3, 0.4) is 0 Å². The number of carbonyl (C=O) groups is 2. The summed E-state index contributed by atoms with van der Waals surface area (Å²) >= 11 is 0. The zero-order valence-corrected chi connectivity index (χ0v) is 20.1. The van der Waals surface area contributed by atoms with Gasteiger partial charge in [0.05, 0.1) is 5.69 Å². The molecule has 2 saturated heterocycles. The molecule has 8 nitrogen and oxygen atoms in total. The van der Waals surface area contributed by atoms with Crippen molar-refractivity contribution in [2.45, 2.75) is 51.5 Å². The first-order chi connectivity index (χ1) is 17.0. The van der Waals surface area contributed by atoms with Gasteiger partial charge in [-0.05, 0) is 56.5 Å². The lowest BCUT2D eigenvalue weighted by Crippen LogP contribution is -2.44. The van der Waals surface area contributed by atoms with Gasteiger partial charge in [-0.2, -0.15) is 0 Å². The van der Waals surface area contributed by atoms with E-state index in [2.05, 4.69) is 17.2 Å². The highest BCUT2D eigenvalue weighted by atomic mass is 16.2. The Labute approximate surface area is 205 Å². The lowest BCUT2D eigenvalue weighted by atomic mass is 9.92. The fourth-order valence-corrected chi connectivity index (χ4v) is 4.95. The number of carbonyl (C=O) groups excluding carboxylic acids is 2. The smallest absolute Gasteiger partial charge is 0.227 e. The van der Waals surface area contributed by atoms with Crippen molar-refractivity contribution in [3.8, 4) is 11.3 Å². The Kier molecular flexibility index (Phi) is 6.44. The minimum absolute atomic E-state index is 0.0563. The number of aromatic nitrogens is 3. The standard InChI is InChI=1S/C27H30N6O2/c1-18-10-11-21(17-33(18)19(2)34)27-30-24(20-6-4-12-28-16-20)15-25(31-27)29-22-7-3-8-23(14-22)32-13-5-9-26(32)35/h3-4,6-8,12,14-16,18,21H,5,9-11,13,17H2,1-2H3,(H,29,30,31)/t18-,21+/m0/s1. The molecule has 2 amide bonds. The highest BCUT2D eigenvalue weighted by Crippen LogP contribution is 2.32. The molecule has 0 saturated carbocycles.